The molecule has 5 nitrogen and oxygen atoms in total. The summed E-state index contributed by atoms with van der Waals surface area (Å²) in [5.41, 5.74) is 0.591. The Balaban J connectivity index is 2.16. The van der Waals surface area contributed by atoms with E-state index >= 15 is 0 Å². The van der Waals surface area contributed by atoms with E-state index in [0.717, 1.165) is 12.8 Å². The van der Waals surface area contributed by atoms with Crippen LogP contribution >= 0.6 is 0 Å². The third-order valence-electron chi connectivity index (χ3n) is 2.64. The Kier molecular flexibility index (Phi) is 3.50. The predicted octanol–water partition coefficient (Wildman–Crippen LogP) is 2.74. The van der Waals surface area contributed by atoms with Crippen molar-refractivity contribution >= 4 is 0 Å². The highest BCUT2D eigenvalue weighted by atomic mass is 16.5. The van der Waals surface area contributed by atoms with Gasteiger partial charge < -0.3 is 14.7 Å². The van der Waals surface area contributed by atoms with Crippen LogP contribution in [0.1, 0.15) is 26.1 Å². The lowest BCUT2D eigenvalue weighted by atomic mass is 10.1. The lowest BCUT2D eigenvalue weighted by Crippen LogP contribution is -1.93. The zero-order chi connectivity index (χ0) is 13.1. The van der Waals surface area contributed by atoms with Crippen molar-refractivity contribution in [1.29, 1.82) is 0 Å². The summed E-state index contributed by atoms with van der Waals surface area (Å²) < 4.78 is 5.12. The first-order valence-electron chi connectivity index (χ1n) is 5.91. The number of benzene rings is 1. The van der Waals surface area contributed by atoms with Crippen LogP contribution in [0.5, 0.6) is 11.5 Å². The molecule has 0 aliphatic heterocycles. The maximum atomic E-state index is 9.40. The Morgan fingerprint density at radius 2 is 2.00 bits per heavy atom. The number of rotatable bonds is 4. The molecular weight excluding hydrogens is 232 g/mol. The van der Waals surface area contributed by atoms with E-state index in [0.29, 0.717) is 23.2 Å². The Hall–Kier alpha value is -2.04. The van der Waals surface area contributed by atoms with Gasteiger partial charge in [0.15, 0.2) is 17.3 Å². The Bertz CT molecular complexity index is 535. The van der Waals surface area contributed by atoms with Gasteiger partial charge in [-0.3, -0.25) is 0 Å². The molecule has 96 valence electrons. The van der Waals surface area contributed by atoms with E-state index in [4.69, 9.17) is 4.52 Å². The second-order valence-electron chi connectivity index (χ2n) is 4.65. The normalized spacial score (nSPS) is 11.1. The van der Waals surface area contributed by atoms with Crippen molar-refractivity contribution in [3.8, 4) is 23.0 Å². The Morgan fingerprint density at radius 1 is 1.22 bits per heavy atom. The lowest BCUT2D eigenvalue weighted by Gasteiger charge is -1.99. The van der Waals surface area contributed by atoms with Crippen molar-refractivity contribution in [3.05, 3.63) is 24.0 Å². The molecule has 0 amide bonds. The summed E-state index contributed by atoms with van der Waals surface area (Å²) in [5, 5.41) is 22.5. The third kappa shape index (κ3) is 2.80. The van der Waals surface area contributed by atoms with Crippen LogP contribution < -0.4 is 0 Å². The van der Waals surface area contributed by atoms with Crippen LogP contribution in [0.2, 0.25) is 0 Å². The number of phenols is 2. The monoisotopic (exact) mass is 248 g/mol. The van der Waals surface area contributed by atoms with E-state index < -0.39 is 0 Å². The second kappa shape index (κ2) is 5.08. The number of phenolic OH excluding ortho intramolecular Hbond substituents is 2. The molecule has 1 aromatic carbocycles. The van der Waals surface area contributed by atoms with Gasteiger partial charge in [0.2, 0.25) is 0 Å². The molecule has 0 saturated heterocycles. The summed E-state index contributed by atoms with van der Waals surface area (Å²) >= 11 is 0. The van der Waals surface area contributed by atoms with Gasteiger partial charge in [-0.1, -0.05) is 19.0 Å². The molecule has 0 atom stereocenters. The topological polar surface area (TPSA) is 79.4 Å². The highest BCUT2D eigenvalue weighted by Gasteiger charge is 2.11. The summed E-state index contributed by atoms with van der Waals surface area (Å²) in [6.45, 7) is 4.28. The lowest BCUT2D eigenvalue weighted by molar-refractivity contribution is 0.402. The maximum absolute atomic E-state index is 9.40. The molecule has 1 heterocycles. The van der Waals surface area contributed by atoms with E-state index in [1.54, 1.807) is 6.07 Å². The largest absolute Gasteiger partial charge is 0.504 e. The van der Waals surface area contributed by atoms with Crippen molar-refractivity contribution in [3.63, 3.8) is 0 Å². The fourth-order valence-corrected chi connectivity index (χ4v) is 1.55. The van der Waals surface area contributed by atoms with Gasteiger partial charge in [0.1, 0.15) is 0 Å². The van der Waals surface area contributed by atoms with Crippen LogP contribution in [0.4, 0.5) is 0 Å². The fraction of sp³-hybridized carbons (Fsp3) is 0.385. The van der Waals surface area contributed by atoms with Gasteiger partial charge in [0.25, 0.3) is 5.89 Å². The minimum Gasteiger partial charge on any atom is -0.504 e. The van der Waals surface area contributed by atoms with Crippen LogP contribution in [-0.2, 0) is 6.42 Å². The zero-order valence-corrected chi connectivity index (χ0v) is 10.4. The summed E-state index contributed by atoms with van der Waals surface area (Å²) in [6.07, 6.45) is 1.77. The van der Waals surface area contributed by atoms with E-state index in [1.807, 2.05) is 0 Å². The number of aromatic nitrogens is 2. The first-order chi connectivity index (χ1) is 8.56. The molecule has 2 N–H and O–H groups in total. The van der Waals surface area contributed by atoms with Crippen LogP contribution in [0.15, 0.2) is 22.7 Å². The molecule has 0 radical (unpaired) electrons. The molecule has 2 rings (SSSR count). The predicted molar refractivity (Wildman–Crippen MR) is 66.2 cm³/mol. The average Bonchev–Trinajstić information content (AvgIpc) is 2.79. The minimum absolute atomic E-state index is 0.168. The summed E-state index contributed by atoms with van der Waals surface area (Å²) in [5.74, 6) is 1.23. The number of hydrogen-bond acceptors (Lipinski definition) is 5. The number of hydrogen-bond donors (Lipinski definition) is 2. The average molecular weight is 248 g/mol. The van der Waals surface area contributed by atoms with Crippen molar-refractivity contribution < 1.29 is 14.7 Å². The number of aryl methyl sites for hydroxylation is 1. The molecule has 0 bridgehead atoms. The summed E-state index contributed by atoms with van der Waals surface area (Å²) in [6, 6.07) is 4.41. The minimum atomic E-state index is -0.200. The van der Waals surface area contributed by atoms with Crippen molar-refractivity contribution in [2.75, 3.05) is 0 Å². The molecule has 0 spiro atoms. The van der Waals surface area contributed by atoms with Crippen LogP contribution in [0.3, 0.4) is 0 Å². The van der Waals surface area contributed by atoms with Gasteiger partial charge in [-0.2, -0.15) is 4.98 Å². The molecule has 0 saturated carbocycles. The molecule has 0 unspecified atom stereocenters. The SMILES string of the molecule is CC(C)CCc1noc(-c2ccc(O)c(O)c2)n1. The first-order valence-corrected chi connectivity index (χ1v) is 5.91. The second-order valence-corrected chi connectivity index (χ2v) is 4.65. The van der Waals surface area contributed by atoms with E-state index in [2.05, 4.69) is 24.0 Å². The van der Waals surface area contributed by atoms with Crippen LogP contribution in [0.25, 0.3) is 11.5 Å². The molecule has 0 fully saturated rings. The molecule has 5 heteroatoms. The van der Waals surface area contributed by atoms with Gasteiger partial charge in [-0.15, -0.1) is 0 Å². The first kappa shape index (κ1) is 12.4. The van der Waals surface area contributed by atoms with E-state index in [-0.39, 0.29) is 11.5 Å². The van der Waals surface area contributed by atoms with Crippen LogP contribution in [-0.4, -0.2) is 20.4 Å². The zero-order valence-electron chi connectivity index (χ0n) is 10.4. The molecule has 0 aliphatic carbocycles. The highest BCUT2D eigenvalue weighted by molar-refractivity contribution is 5.58. The summed E-state index contributed by atoms with van der Waals surface area (Å²) in [4.78, 5) is 4.25. The van der Waals surface area contributed by atoms with Gasteiger partial charge in [-0.25, -0.2) is 0 Å². The van der Waals surface area contributed by atoms with Gasteiger partial charge in [0.05, 0.1) is 0 Å². The number of nitrogens with zero attached hydrogens (tertiary/aromatic N) is 2. The fourth-order valence-electron chi connectivity index (χ4n) is 1.55. The van der Waals surface area contributed by atoms with Crippen molar-refractivity contribution in [2.45, 2.75) is 26.7 Å². The molecular formula is C13H16N2O3. The smallest absolute Gasteiger partial charge is 0.258 e. The van der Waals surface area contributed by atoms with Gasteiger partial charge in [0, 0.05) is 12.0 Å². The molecule has 1 aromatic heterocycles. The summed E-state index contributed by atoms with van der Waals surface area (Å²) in [7, 11) is 0. The maximum Gasteiger partial charge on any atom is 0.258 e. The Labute approximate surface area is 105 Å². The third-order valence-corrected chi connectivity index (χ3v) is 2.64. The van der Waals surface area contributed by atoms with E-state index in [1.165, 1.54) is 12.1 Å². The quantitative estimate of drug-likeness (QED) is 0.813. The highest BCUT2D eigenvalue weighted by Crippen LogP contribution is 2.29. The Morgan fingerprint density at radius 3 is 2.67 bits per heavy atom. The van der Waals surface area contributed by atoms with Crippen LogP contribution in [0, 0.1) is 5.92 Å². The molecule has 0 aliphatic rings. The van der Waals surface area contributed by atoms with Gasteiger partial charge in [-0.05, 0) is 30.5 Å². The van der Waals surface area contributed by atoms with Crippen molar-refractivity contribution in [2.24, 2.45) is 5.92 Å². The number of aromatic hydroxyl groups is 2. The van der Waals surface area contributed by atoms with Gasteiger partial charge >= 0.3 is 0 Å². The molecule has 18 heavy (non-hydrogen) atoms. The van der Waals surface area contributed by atoms with Crippen molar-refractivity contribution in [1.82, 2.24) is 10.1 Å². The van der Waals surface area contributed by atoms with E-state index in [9.17, 15) is 10.2 Å². The molecule has 2 aromatic rings. The standard InChI is InChI=1S/C13H16N2O3/c1-8(2)3-6-12-14-13(18-15-12)9-4-5-10(16)11(17)7-9/h4-5,7-8,16-17H,3,6H2,1-2H3.